The summed E-state index contributed by atoms with van der Waals surface area (Å²) in [6, 6.07) is 21.9. The minimum absolute atomic E-state index is 0.704. The summed E-state index contributed by atoms with van der Waals surface area (Å²) < 4.78 is 0. The van der Waals surface area contributed by atoms with Crippen molar-refractivity contribution in [3.63, 3.8) is 0 Å². The number of rotatable bonds is 2. The van der Waals surface area contributed by atoms with Gasteiger partial charge in [0.05, 0.1) is 0 Å². The van der Waals surface area contributed by atoms with E-state index >= 15 is 0 Å². The maximum Gasteiger partial charge on any atom is 0.00238 e. The zero-order valence-corrected chi connectivity index (χ0v) is 11.9. The van der Waals surface area contributed by atoms with E-state index in [1.54, 1.807) is 5.57 Å². The highest BCUT2D eigenvalue weighted by Gasteiger charge is 2.58. The molecule has 0 saturated heterocycles. The monoisotopic (exact) mass is 270 g/mol. The summed E-state index contributed by atoms with van der Waals surface area (Å²) in [5.74, 6) is 3.29. The molecule has 4 atom stereocenters. The first-order valence-corrected chi connectivity index (χ1v) is 7.97. The van der Waals surface area contributed by atoms with Crippen LogP contribution in [0.3, 0.4) is 0 Å². The summed E-state index contributed by atoms with van der Waals surface area (Å²) in [6.07, 6.45) is 6.39. The Morgan fingerprint density at radius 2 is 1.14 bits per heavy atom. The van der Waals surface area contributed by atoms with E-state index in [4.69, 9.17) is 0 Å². The third-order valence-electron chi connectivity index (χ3n) is 5.47. The first-order chi connectivity index (χ1) is 10.4. The lowest BCUT2D eigenvalue weighted by atomic mass is 9.85. The minimum atomic E-state index is 0.704. The SMILES string of the molecule is C1=C[C@H]2C(=C(c3ccccc3)c3ccccc3)[C@@H]1[C@H]1C[C@H]12. The third kappa shape index (κ3) is 1.62. The van der Waals surface area contributed by atoms with Crippen molar-refractivity contribution in [1.29, 1.82) is 0 Å². The van der Waals surface area contributed by atoms with E-state index in [1.807, 2.05) is 0 Å². The molecule has 0 amide bonds. The molecule has 3 aliphatic rings. The number of fused-ring (bicyclic) bond motifs is 5. The zero-order chi connectivity index (χ0) is 13.8. The molecule has 0 nitrogen and oxygen atoms in total. The standard InChI is InChI=1S/C21H18/c1-3-7-14(8-4-1)20(15-9-5-2-6-10-15)21-16-11-12-17(21)19-13-18(16)19/h1-12,16-19H,13H2/t16-,17+,18+,19-. The second kappa shape index (κ2) is 4.21. The van der Waals surface area contributed by atoms with Crippen LogP contribution in [0.15, 0.2) is 78.4 Å². The average molecular weight is 270 g/mol. The van der Waals surface area contributed by atoms with Gasteiger partial charge in [0.25, 0.3) is 0 Å². The summed E-state index contributed by atoms with van der Waals surface area (Å²) in [5.41, 5.74) is 5.93. The molecule has 0 spiro atoms. The lowest BCUT2D eigenvalue weighted by molar-refractivity contribution is 0.665. The minimum Gasteiger partial charge on any atom is -0.0804 e. The maximum atomic E-state index is 2.47. The van der Waals surface area contributed by atoms with E-state index < -0.39 is 0 Å². The van der Waals surface area contributed by atoms with Crippen molar-refractivity contribution < 1.29 is 0 Å². The summed E-state index contributed by atoms with van der Waals surface area (Å²) in [7, 11) is 0. The van der Waals surface area contributed by atoms with Crippen LogP contribution in [0.2, 0.25) is 0 Å². The fourth-order valence-electron chi connectivity index (χ4n) is 4.52. The van der Waals surface area contributed by atoms with Crippen molar-refractivity contribution in [2.45, 2.75) is 6.42 Å². The predicted octanol–water partition coefficient (Wildman–Crippen LogP) is 4.94. The fourth-order valence-corrected chi connectivity index (χ4v) is 4.52. The quantitative estimate of drug-likeness (QED) is 0.678. The molecular weight excluding hydrogens is 252 g/mol. The Morgan fingerprint density at radius 1 is 0.667 bits per heavy atom. The number of benzene rings is 2. The van der Waals surface area contributed by atoms with Gasteiger partial charge in [-0.25, -0.2) is 0 Å². The van der Waals surface area contributed by atoms with E-state index in [9.17, 15) is 0 Å². The Kier molecular flexibility index (Phi) is 2.32. The maximum absolute atomic E-state index is 2.47. The smallest absolute Gasteiger partial charge is 0.00238 e. The van der Waals surface area contributed by atoms with Crippen molar-refractivity contribution in [1.82, 2.24) is 0 Å². The van der Waals surface area contributed by atoms with Gasteiger partial charge in [0.1, 0.15) is 0 Å². The topological polar surface area (TPSA) is 0 Å². The van der Waals surface area contributed by atoms with E-state index in [0.29, 0.717) is 11.8 Å². The molecule has 102 valence electrons. The first kappa shape index (κ1) is 11.6. The Bertz CT molecular complexity index is 675. The van der Waals surface area contributed by atoms with Gasteiger partial charge in [-0.05, 0) is 40.5 Å². The van der Waals surface area contributed by atoms with Gasteiger partial charge in [0.2, 0.25) is 0 Å². The van der Waals surface area contributed by atoms with Gasteiger partial charge >= 0.3 is 0 Å². The molecule has 0 aliphatic heterocycles. The summed E-state index contributed by atoms with van der Waals surface area (Å²) in [4.78, 5) is 0. The van der Waals surface area contributed by atoms with Crippen molar-refractivity contribution in [2.24, 2.45) is 23.7 Å². The molecule has 5 rings (SSSR count). The van der Waals surface area contributed by atoms with Crippen molar-refractivity contribution in [3.8, 4) is 0 Å². The Hall–Kier alpha value is -2.08. The molecule has 21 heavy (non-hydrogen) atoms. The zero-order valence-electron chi connectivity index (χ0n) is 11.9. The molecule has 0 radical (unpaired) electrons. The summed E-state index contributed by atoms with van der Waals surface area (Å²) in [6.45, 7) is 0. The van der Waals surface area contributed by atoms with Gasteiger partial charge in [-0.1, -0.05) is 72.8 Å². The van der Waals surface area contributed by atoms with Crippen LogP contribution in [0.1, 0.15) is 17.5 Å². The predicted molar refractivity (Wildman–Crippen MR) is 86.6 cm³/mol. The van der Waals surface area contributed by atoms with Crippen LogP contribution in [-0.2, 0) is 0 Å². The van der Waals surface area contributed by atoms with Gasteiger partial charge in [0, 0.05) is 11.8 Å². The molecule has 0 unspecified atom stereocenters. The van der Waals surface area contributed by atoms with Crippen LogP contribution < -0.4 is 0 Å². The molecule has 0 aromatic heterocycles. The second-order valence-corrected chi connectivity index (χ2v) is 6.56. The van der Waals surface area contributed by atoms with Gasteiger partial charge in [0.15, 0.2) is 0 Å². The highest BCUT2D eigenvalue weighted by atomic mass is 14.6. The molecule has 2 fully saturated rings. The van der Waals surface area contributed by atoms with Crippen LogP contribution >= 0.6 is 0 Å². The van der Waals surface area contributed by atoms with Crippen molar-refractivity contribution >= 4 is 5.57 Å². The van der Waals surface area contributed by atoms with E-state index in [2.05, 4.69) is 72.8 Å². The summed E-state index contributed by atoms with van der Waals surface area (Å²) in [5, 5.41) is 0. The van der Waals surface area contributed by atoms with Crippen LogP contribution in [0.25, 0.3) is 5.57 Å². The Morgan fingerprint density at radius 3 is 1.62 bits per heavy atom. The number of hydrogen-bond acceptors (Lipinski definition) is 0. The number of hydrogen-bond donors (Lipinski definition) is 0. The van der Waals surface area contributed by atoms with Gasteiger partial charge in [-0.15, -0.1) is 0 Å². The van der Waals surface area contributed by atoms with Crippen molar-refractivity contribution in [3.05, 3.63) is 89.5 Å². The van der Waals surface area contributed by atoms with E-state index in [1.165, 1.54) is 23.1 Å². The molecule has 2 aromatic carbocycles. The van der Waals surface area contributed by atoms with Crippen molar-refractivity contribution in [2.75, 3.05) is 0 Å². The molecule has 0 heterocycles. The Balaban J connectivity index is 1.74. The molecule has 2 bridgehead atoms. The molecule has 0 N–H and O–H groups in total. The second-order valence-electron chi connectivity index (χ2n) is 6.56. The van der Waals surface area contributed by atoms with E-state index in [-0.39, 0.29) is 0 Å². The lowest BCUT2D eigenvalue weighted by Crippen LogP contribution is -2.04. The van der Waals surface area contributed by atoms with Gasteiger partial charge in [-0.2, -0.15) is 0 Å². The fraction of sp³-hybridized carbons (Fsp3) is 0.238. The first-order valence-electron chi connectivity index (χ1n) is 7.97. The normalized spacial score (nSPS) is 31.3. The van der Waals surface area contributed by atoms with Gasteiger partial charge < -0.3 is 0 Å². The number of allylic oxidation sites excluding steroid dienone is 3. The van der Waals surface area contributed by atoms with E-state index in [0.717, 1.165) is 11.8 Å². The molecule has 3 aliphatic carbocycles. The molecule has 2 saturated carbocycles. The molecule has 2 aromatic rings. The highest BCUT2D eigenvalue weighted by Crippen LogP contribution is 2.66. The third-order valence-corrected chi connectivity index (χ3v) is 5.47. The largest absolute Gasteiger partial charge is 0.0804 e. The molecule has 0 heteroatoms. The highest BCUT2D eigenvalue weighted by molar-refractivity contribution is 5.84. The van der Waals surface area contributed by atoms with Crippen LogP contribution in [0.4, 0.5) is 0 Å². The lowest BCUT2D eigenvalue weighted by Gasteiger charge is -2.18. The Labute approximate surface area is 125 Å². The molecular formula is C21H18. The average Bonchev–Trinajstić information content (AvgIpc) is 3.20. The van der Waals surface area contributed by atoms with Crippen LogP contribution in [0.5, 0.6) is 0 Å². The van der Waals surface area contributed by atoms with Crippen LogP contribution in [-0.4, -0.2) is 0 Å². The summed E-state index contributed by atoms with van der Waals surface area (Å²) >= 11 is 0. The van der Waals surface area contributed by atoms with Gasteiger partial charge in [-0.3, -0.25) is 0 Å². The van der Waals surface area contributed by atoms with Crippen LogP contribution in [0, 0.1) is 23.7 Å².